The van der Waals surface area contributed by atoms with Crippen LogP contribution in [0.2, 0.25) is 0 Å². The lowest BCUT2D eigenvalue weighted by Gasteiger charge is -2.03. The molecule has 4 nitrogen and oxygen atoms in total. The highest BCUT2D eigenvalue weighted by Crippen LogP contribution is 2.11. The third kappa shape index (κ3) is 3.17. The maximum Gasteiger partial charge on any atom is 0.0969 e. The van der Waals surface area contributed by atoms with E-state index >= 15 is 0 Å². The van der Waals surface area contributed by atoms with Gasteiger partial charge < -0.3 is 5.32 Å². The molecule has 18 heavy (non-hydrogen) atoms. The standard InChI is InChI=1S/C14H20N4/c1-3-4-5-12-6-8-14(9-7-12)18-11-13(10-15-2)16-17-18/h6-9,11,15H,3-5,10H2,1-2H3. The Hall–Kier alpha value is -1.68. The van der Waals surface area contributed by atoms with Gasteiger partial charge in [0.15, 0.2) is 0 Å². The first kappa shape index (κ1) is 12.8. The third-order valence-electron chi connectivity index (χ3n) is 2.92. The Morgan fingerprint density at radius 2 is 2.00 bits per heavy atom. The van der Waals surface area contributed by atoms with E-state index in [1.807, 2.05) is 17.9 Å². The van der Waals surface area contributed by atoms with Crippen molar-refractivity contribution >= 4 is 0 Å². The molecular weight excluding hydrogens is 224 g/mol. The monoisotopic (exact) mass is 244 g/mol. The van der Waals surface area contributed by atoms with Gasteiger partial charge in [0, 0.05) is 6.54 Å². The molecule has 0 spiro atoms. The summed E-state index contributed by atoms with van der Waals surface area (Å²) < 4.78 is 1.82. The molecular formula is C14H20N4. The third-order valence-corrected chi connectivity index (χ3v) is 2.92. The van der Waals surface area contributed by atoms with E-state index in [4.69, 9.17) is 0 Å². The average molecular weight is 244 g/mol. The van der Waals surface area contributed by atoms with Crippen LogP contribution in [0.4, 0.5) is 0 Å². The molecule has 0 atom stereocenters. The molecule has 1 N–H and O–H groups in total. The van der Waals surface area contributed by atoms with Crippen LogP contribution in [0.25, 0.3) is 5.69 Å². The number of unbranched alkanes of at least 4 members (excludes halogenated alkanes) is 1. The number of hydrogen-bond acceptors (Lipinski definition) is 3. The van der Waals surface area contributed by atoms with E-state index in [9.17, 15) is 0 Å². The molecule has 0 saturated heterocycles. The average Bonchev–Trinajstić information content (AvgIpc) is 2.86. The Morgan fingerprint density at radius 3 is 2.67 bits per heavy atom. The number of benzene rings is 1. The van der Waals surface area contributed by atoms with Gasteiger partial charge in [0.05, 0.1) is 17.6 Å². The first-order valence-corrected chi connectivity index (χ1v) is 6.48. The van der Waals surface area contributed by atoms with Crippen LogP contribution >= 0.6 is 0 Å². The van der Waals surface area contributed by atoms with Crippen LogP contribution in [-0.4, -0.2) is 22.0 Å². The van der Waals surface area contributed by atoms with E-state index in [2.05, 4.69) is 46.8 Å². The van der Waals surface area contributed by atoms with E-state index in [0.717, 1.165) is 24.3 Å². The quantitative estimate of drug-likeness (QED) is 0.848. The highest BCUT2D eigenvalue weighted by atomic mass is 15.4. The molecule has 1 aromatic heterocycles. The summed E-state index contributed by atoms with van der Waals surface area (Å²) >= 11 is 0. The molecule has 0 bridgehead atoms. The van der Waals surface area contributed by atoms with Crippen LogP contribution in [0, 0.1) is 0 Å². The second kappa shape index (κ2) is 6.31. The maximum absolute atomic E-state index is 4.12. The van der Waals surface area contributed by atoms with E-state index in [-0.39, 0.29) is 0 Å². The van der Waals surface area contributed by atoms with Crippen molar-refractivity contribution in [2.45, 2.75) is 32.7 Å². The van der Waals surface area contributed by atoms with Gasteiger partial charge in [-0.15, -0.1) is 5.10 Å². The molecule has 0 amide bonds. The molecule has 2 rings (SSSR count). The Labute approximate surface area is 108 Å². The summed E-state index contributed by atoms with van der Waals surface area (Å²) in [6.45, 7) is 2.96. The van der Waals surface area contributed by atoms with Crippen LogP contribution in [0.5, 0.6) is 0 Å². The molecule has 0 aliphatic carbocycles. The van der Waals surface area contributed by atoms with Gasteiger partial charge >= 0.3 is 0 Å². The fraction of sp³-hybridized carbons (Fsp3) is 0.429. The predicted molar refractivity (Wildman–Crippen MR) is 72.7 cm³/mol. The van der Waals surface area contributed by atoms with Crippen molar-refractivity contribution in [2.75, 3.05) is 7.05 Å². The molecule has 0 fully saturated rings. The summed E-state index contributed by atoms with van der Waals surface area (Å²) in [4.78, 5) is 0. The molecule has 1 aromatic carbocycles. The SMILES string of the molecule is CCCCc1ccc(-n2cc(CNC)nn2)cc1. The van der Waals surface area contributed by atoms with E-state index in [0.29, 0.717) is 0 Å². The second-order valence-corrected chi connectivity index (χ2v) is 4.45. The minimum absolute atomic E-state index is 0.745. The number of aryl methyl sites for hydroxylation is 1. The van der Waals surface area contributed by atoms with Crippen LogP contribution in [0.1, 0.15) is 31.0 Å². The number of nitrogens with one attached hydrogen (secondary N) is 1. The molecule has 2 aromatic rings. The van der Waals surface area contributed by atoms with Crippen molar-refractivity contribution < 1.29 is 0 Å². The largest absolute Gasteiger partial charge is 0.314 e. The summed E-state index contributed by atoms with van der Waals surface area (Å²) in [5.74, 6) is 0. The molecule has 0 radical (unpaired) electrons. The lowest BCUT2D eigenvalue weighted by atomic mass is 10.1. The van der Waals surface area contributed by atoms with Gasteiger partial charge in [-0.1, -0.05) is 30.7 Å². The molecule has 0 saturated carbocycles. The lowest BCUT2D eigenvalue weighted by molar-refractivity contribution is 0.766. The summed E-state index contributed by atoms with van der Waals surface area (Å²) in [7, 11) is 1.90. The number of aromatic nitrogens is 3. The Bertz CT molecular complexity index is 473. The van der Waals surface area contributed by atoms with Crippen molar-refractivity contribution in [3.8, 4) is 5.69 Å². The summed E-state index contributed by atoms with van der Waals surface area (Å²) in [5.41, 5.74) is 3.40. The minimum atomic E-state index is 0.745. The second-order valence-electron chi connectivity index (χ2n) is 4.45. The van der Waals surface area contributed by atoms with E-state index in [1.54, 1.807) is 0 Å². The summed E-state index contributed by atoms with van der Waals surface area (Å²) in [6, 6.07) is 8.54. The lowest BCUT2D eigenvalue weighted by Crippen LogP contribution is -2.04. The topological polar surface area (TPSA) is 42.7 Å². The zero-order valence-electron chi connectivity index (χ0n) is 11.1. The van der Waals surface area contributed by atoms with Crippen molar-refractivity contribution in [1.29, 1.82) is 0 Å². The summed E-state index contributed by atoms with van der Waals surface area (Å²) in [6.07, 6.45) is 5.59. The van der Waals surface area contributed by atoms with Crippen LogP contribution in [-0.2, 0) is 13.0 Å². The molecule has 96 valence electrons. The van der Waals surface area contributed by atoms with Gasteiger partial charge in [-0.05, 0) is 37.6 Å². The van der Waals surface area contributed by atoms with Crippen molar-refractivity contribution in [2.24, 2.45) is 0 Å². The molecule has 4 heteroatoms. The normalized spacial score (nSPS) is 10.8. The van der Waals surface area contributed by atoms with Gasteiger partial charge in [0.2, 0.25) is 0 Å². The predicted octanol–water partition coefficient (Wildman–Crippen LogP) is 2.33. The number of hydrogen-bond donors (Lipinski definition) is 1. The van der Waals surface area contributed by atoms with Crippen molar-refractivity contribution in [3.63, 3.8) is 0 Å². The van der Waals surface area contributed by atoms with Crippen LogP contribution in [0.3, 0.4) is 0 Å². The first-order valence-electron chi connectivity index (χ1n) is 6.48. The van der Waals surface area contributed by atoms with Gasteiger partial charge in [-0.3, -0.25) is 0 Å². The zero-order chi connectivity index (χ0) is 12.8. The van der Waals surface area contributed by atoms with Gasteiger partial charge in [0.1, 0.15) is 0 Å². The van der Waals surface area contributed by atoms with E-state index < -0.39 is 0 Å². The van der Waals surface area contributed by atoms with Gasteiger partial charge in [-0.2, -0.15) is 0 Å². The molecule has 0 aliphatic rings. The molecule has 1 heterocycles. The maximum atomic E-state index is 4.12. The first-order chi connectivity index (χ1) is 8.83. The van der Waals surface area contributed by atoms with Crippen LogP contribution < -0.4 is 5.32 Å². The molecule has 0 unspecified atom stereocenters. The Balaban J connectivity index is 2.07. The van der Waals surface area contributed by atoms with Gasteiger partial charge in [0.25, 0.3) is 0 Å². The number of rotatable bonds is 6. The highest BCUT2D eigenvalue weighted by Gasteiger charge is 2.02. The smallest absolute Gasteiger partial charge is 0.0969 e. The van der Waals surface area contributed by atoms with Crippen molar-refractivity contribution in [1.82, 2.24) is 20.3 Å². The molecule has 0 aliphatic heterocycles. The highest BCUT2D eigenvalue weighted by molar-refractivity contribution is 5.33. The van der Waals surface area contributed by atoms with Crippen LogP contribution in [0.15, 0.2) is 30.5 Å². The van der Waals surface area contributed by atoms with Gasteiger partial charge in [-0.25, -0.2) is 4.68 Å². The minimum Gasteiger partial charge on any atom is -0.314 e. The van der Waals surface area contributed by atoms with E-state index in [1.165, 1.54) is 18.4 Å². The Kier molecular flexibility index (Phi) is 4.47. The van der Waals surface area contributed by atoms with Crippen molar-refractivity contribution in [3.05, 3.63) is 41.7 Å². The fourth-order valence-corrected chi connectivity index (χ4v) is 1.88. The zero-order valence-corrected chi connectivity index (χ0v) is 11.1. The number of nitrogens with zero attached hydrogens (tertiary/aromatic N) is 3. The summed E-state index contributed by atoms with van der Waals surface area (Å²) in [5, 5.41) is 11.3. The Morgan fingerprint density at radius 1 is 1.22 bits per heavy atom. The fourth-order valence-electron chi connectivity index (χ4n) is 1.88.